The van der Waals surface area contributed by atoms with Gasteiger partial charge in [-0.15, -0.1) is 6.42 Å². The van der Waals surface area contributed by atoms with Gasteiger partial charge in [0.15, 0.2) is 0 Å². The molecule has 2 rings (SSSR count). The van der Waals surface area contributed by atoms with Crippen molar-refractivity contribution in [3.05, 3.63) is 0 Å². The summed E-state index contributed by atoms with van der Waals surface area (Å²) in [5.41, 5.74) is 0. The van der Waals surface area contributed by atoms with Crippen LogP contribution in [0.1, 0.15) is 12.8 Å². The number of aliphatic hydroxyl groups is 1. The quantitative estimate of drug-likeness (QED) is 0.615. The van der Waals surface area contributed by atoms with Crippen LogP contribution in [-0.2, 0) is 0 Å². The highest BCUT2D eigenvalue weighted by molar-refractivity contribution is 4.97. The Labute approximate surface area is 85.7 Å². The smallest absolute Gasteiger partial charge is 0.0834 e. The molecule has 0 aromatic heterocycles. The largest absolute Gasteiger partial charge is 0.390 e. The van der Waals surface area contributed by atoms with Crippen molar-refractivity contribution < 1.29 is 5.11 Å². The molecule has 2 aliphatic heterocycles. The van der Waals surface area contributed by atoms with Crippen LogP contribution in [0.3, 0.4) is 0 Å². The van der Waals surface area contributed by atoms with E-state index < -0.39 is 0 Å². The van der Waals surface area contributed by atoms with Crippen LogP contribution < -0.4 is 0 Å². The molecule has 3 nitrogen and oxygen atoms in total. The number of rotatable bonds is 2. The Bertz CT molecular complexity index is 230. The van der Waals surface area contributed by atoms with Gasteiger partial charge in [-0.1, -0.05) is 5.92 Å². The van der Waals surface area contributed by atoms with Crippen molar-refractivity contribution in [2.24, 2.45) is 0 Å². The summed E-state index contributed by atoms with van der Waals surface area (Å²) in [7, 11) is 0. The van der Waals surface area contributed by atoms with E-state index in [9.17, 15) is 5.11 Å². The first-order valence-electron chi connectivity index (χ1n) is 5.39. The summed E-state index contributed by atoms with van der Waals surface area (Å²) in [5, 5.41) is 9.89. The molecule has 0 aromatic rings. The first-order chi connectivity index (χ1) is 6.81. The van der Waals surface area contributed by atoms with E-state index in [1.165, 1.54) is 12.8 Å². The number of likely N-dealkylation sites (tertiary alicyclic amines) is 2. The Morgan fingerprint density at radius 1 is 1.29 bits per heavy atom. The van der Waals surface area contributed by atoms with Gasteiger partial charge in [-0.2, -0.15) is 0 Å². The summed E-state index contributed by atoms with van der Waals surface area (Å²) < 4.78 is 0. The Morgan fingerprint density at radius 3 is 2.64 bits per heavy atom. The number of terminal acetylenes is 1. The van der Waals surface area contributed by atoms with Gasteiger partial charge in [0.2, 0.25) is 0 Å². The summed E-state index contributed by atoms with van der Waals surface area (Å²) in [6.07, 6.45) is 7.61. The highest BCUT2D eigenvalue weighted by Crippen LogP contribution is 2.20. The summed E-state index contributed by atoms with van der Waals surface area (Å²) >= 11 is 0. The zero-order chi connectivity index (χ0) is 9.97. The van der Waals surface area contributed by atoms with E-state index in [1.807, 2.05) is 0 Å². The average molecular weight is 194 g/mol. The molecular formula is C11H18N2O. The summed E-state index contributed by atoms with van der Waals surface area (Å²) in [4.78, 5) is 4.56. The third kappa shape index (κ3) is 1.93. The molecule has 0 radical (unpaired) electrons. The van der Waals surface area contributed by atoms with Crippen LogP contribution in [0, 0.1) is 12.3 Å². The second-order valence-electron chi connectivity index (χ2n) is 4.28. The molecule has 0 amide bonds. The highest BCUT2D eigenvalue weighted by Gasteiger charge is 2.35. The molecule has 14 heavy (non-hydrogen) atoms. The monoisotopic (exact) mass is 194 g/mol. The van der Waals surface area contributed by atoms with Crippen molar-refractivity contribution in [1.29, 1.82) is 0 Å². The average Bonchev–Trinajstić information content (AvgIpc) is 2.74. The highest BCUT2D eigenvalue weighted by atomic mass is 16.3. The first kappa shape index (κ1) is 9.97. The van der Waals surface area contributed by atoms with Crippen LogP contribution >= 0.6 is 0 Å². The molecule has 0 spiro atoms. The Morgan fingerprint density at radius 2 is 2.00 bits per heavy atom. The van der Waals surface area contributed by atoms with Gasteiger partial charge in [0.25, 0.3) is 0 Å². The zero-order valence-corrected chi connectivity index (χ0v) is 8.52. The Balaban J connectivity index is 1.90. The van der Waals surface area contributed by atoms with Gasteiger partial charge in [0, 0.05) is 19.1 Å². The van der Waals surface area contributed by atoms with E-state index in [-0.39, 0.29) is 6.10 Å². The van der Waals surface area contributed by atoms with E-state index in [1.54, 1.807) is 0 Å². The fraction of sp³-hybridized carbons (Fsp3) is 0.818. The van der Waals surface area contributed by atoms with Crippen LogP contribution in [0.25, 0.3) is 0 Å². The molecule has 0 aliphatic carbocycles. The van der Waals surface area contributed by atoms with Crippen molar-refractivity contribution in [3.8, 4) is 12.3 Å². The fourth-order valence-electron chi connectivity index (χ4n) is 2.54. The SMILES string of the molecule is C#CCN1C[C@@H](O)[C@H](N2CCCC2)C1. The predicted octanol–water partition coefficient (Wildman–Crippen LogP) is -0.240. The molecule has 2 heterocycles. The lowest BCUT2D eigenvalue weighted by molar-refractivity contribution is 0.0979. The van der Waals surface area contributed by atoms with Gasteiger partial charge < -0.3 is 5.11 Å². The third-order valence-corrected chi connectivity index (χ3v) is 3.26. The number of aliphatic hydroxyl groups excluding tert-OH is 1. The van der Waals surface area contributed by atoms with Gasteiger partial charge in [-0.3, -0.25) is 9.80 Å². The zero-order valence-electron chi connectivity index (χ0n) is 8.52. The van der Waals surface area contributed by atoms with E-state index in [0.717, 1.165) is 26.2 Å². The molecule has 0 saturated carbocycles. The molecule has 1 N–H and O–H groups in total. The van der Waals surface area contributed by atoms with Crippen LogP contribution in [0.15, 0.2) is 0 Å². The molecule has 0 bridgehead atoms. The lowest BCUT2D eigenvalue weighted by Crippen LogP contribution is -2.41. The fourth-order valence-corrected chi connectivity index (χ4v) is 2.54. The lowest BCUT2D eigenvalue weighted by atomic mass is 10.2. The third-order valence-electron chi connectivity index (χ3n) is 3.26. The second kappa shape index (κ2) is 4.31. The molecule has 0 aromatic carbocycles. The maximum atomic E-state index is 9.89. The van der Waals surface area contributed by atoms with Crippen molar-refractivity contribution >= 4 is 0 Å². The van der Waals surface area contributed by atoms with E-state index >= 15 is 0 Å². The van der Waals surface area contributed by atoms with E-state index in [4.69, 9.17) is 6.42 Å². The number of hydrogen-bond acceptors (Lipinski definition) is 3. The molecule has 2 atom stereocenters. The molecule has 78 valence electrons. The molecule has 2 aliphatic rings. The van der Waals surface area contributed by atoms with Crippen LogP contribution in [-0.4, -0.2) is 59.8 Å². The normalized spacial score (nSPS) is 34.9. The van der Waals surface area contributed by atoms with E-state index in [0.29, 0.717) is 12.6 Å². The number of nitrogens with zero attached hydrogens (tertiary/aromatic N) is 2. The Kier molecular flexibility index (Phi) is 3.07. The minimum absolute atomic E-state index is 0.207. The molecular weight excluding hydrogens is 176 g/mol. The van der Waals surface area contributed by atoms with Gasteiger partial charge in [0.05, 0.1) is 12.6 Å². The molecule has 0 unspecified atom stereocenters. The number of β-amino-alcohol motifs (C(OH)–C–C–N with tert-alkyl or cyclic N) is 1. The van der Waals surface area contributed by atoms with Gasteiger partial charge in [0.1, 0.15) is 0 Å². The predicted molar refractivity (Wildman–Crippen MR) is 55.9 cm³/mol. The number of hydrogen-bond donors (Lipinski definition) is 1. The second-order valence-corrected chi connectivity index (χ2v) is 4.28. The van der Waals surface area contributed by atoms with Crippen LogP contribution in [0.5, 0.6) is 0 Å². The van der Waals surface area contributed by atoms with Crippen LogP contribution in [0.4, 0.5) is 0 Å². The van der Waals surface area contributed by atoms with Crippen molar-refractivity contribution in [3.63, 3.8) is 0 Å². The van der Waals surface area contributed by atoms with Crippen molar-refractivity contribution in [1.82, 2.24) is 9.80 Å². The van der Waals surface area contributed by atoms with Gasteiger partial charge in [-0.05, 0) is 25.9 Å². The minimum Gasteiger partial charge on any atom is -0.390 e. The maximum absolute atomic E-state index is 9.89. The minimum atomic E-state index is -0.207. The van der Waals surface area contributed by atoms with Gasteiger partial charge >= 0.3 is 0 Å². The molecule has 2 fully saturated rings. The Hall–Kier alpha value is -0.560. The van der Waals surface area contributed by atoms with E-state index in [2.05, 4.69) is 15.7 Å². The lowest BCUT2D eigenvalue weighted by Gasteiger charge is -2.25. The molecule has 2 saturated heterocycles. The summed E-state index contributed by atoms with van der Waals surface area (Å²) in [6.45, 7) is 4.63. The first-order valence-corrected chi connectivity index (χ1v) is 5.39. The summed E-state index contributed by atoms with van der Waals surface area (Å²) in [5.74, 6) is 2.64. The van der Waals surface area contributed by atoms with Crippen molar-refractivity contribution in [2.75, 3.05) is 32.7 Å². The topological polar surface area (TPSA) is 26.7 Å². The molecule has 3 heteroatoms. The van der Waals surface area contributed by atoms with Gasteiger partial charge in [-0.25, -0.2) is 0 Å². The maximum Gasteiger partial charge on any atom is 0.0834 e. The van der Waals surface area contributed by atoms with Crippen molar-refractivity contribution in [2.45, 2.75) is 25.0 Å². The standard InChI is InChI=1S/C11H18N2O/c1-2-5-12-8-10(11(14)9-12)13-6-3-4-7-13/h1,10-11,14H,3-9H2/t10-,11-/m1/s1. The summed E-state index contributed by atoms with van der Waals surface area (Å²) in [6, 6.07) is 0.325. The van der Waals surface area contributed by atoms with Crippen LogP contribution in [0.2, 0.25) is 0 Å².